The summed E-state index contributed by atoms with van der Waals surface area (Å²) in [5, 5.41) is 12.4. The highest BCUT2D eigenvalue weighted by atomic mass is 16.5. The van der Waals surface area contributed by atoms with Crippen molar-refractivity contribution < 1.29 is 4.74 Å². The van der Waals surface area contributed by atoms with Crippen LogP contribution in [-0.2, 0) is 10.2 Å². The number of benzene rings is 1. The van der Waals surface area contributed by atoms with Crippen LogP contribution in [-0.4, -0.2) is 19.3 Å². The summed E-state index contributed by atoms with van der Waals surface area (Å²) < 4.78 is 5.10. The van der Waals surface area contributed by atoms with E-state index in [1.807, 2.05) is 38.1 Å². The summed E-state index contributed by atoms with van der Waals surface area (Å²) in [5.74, 6) is 0. The fourth-order valence-corrected chi connectivity index (χ4v) is 1.60. The van der Waals surface area contributed by atoms with Crippen molar-refractivity contribution in [1.29, 1.82) is 5.26 Å². The summed E-state index contributed by atoms with van der Waals surface area (Å²) in [6.07, 6.45) is 0. The molecule has 1 aromatic carbocycles. The molecular weight excluding hydrogens is 200 g/mol. The Morgan fingerprint density at radius 1 is 1.31 bits per heavy atom. The Morgan fingerprint density at radius 3 is 2.38 bits per heavy atom. The van der Waals surface area contributed by atoms with Gasteiger partial charge in [0.2, 0.25) is 0 Å². The average molecular weight is 216 g/mol. The Balaban J connectivity index is 2.07. The van der Waals surface area contributed by atoms with E-state index in [0.29, 0.717) is 6.04 Å². The summed E-state index contributed by atoms with van der Waals surface area (Å²) in [7, 11) is 0. The number of anilines is 1. The van der Waals surface area contributed by atoms with Crippen molar-refractivity contribution in [2.45, 2.75) is 25.3 Å². The quantitative estimate of drug-likeness (QED) is 0.843. The topological polar surface area (TPSA) is 45.0 Å². The molecule has 0 aromatic heterocycles. The molecule has 3 nitrogen and oxygen atoms in total. The second-order valence-electron chi connectivity index (χ2n) is 4.69. The van der Waals surface area contributed by atoms with Crippen molar-refractivity contribution in [3.63, 3.8) is 0 Å². The first kappa shape index (κ1) is 11.0. The normalized spacial score (nSPS) is 16.3. The Hall–Kier alpha value is -1.53. The van der Waals surface area contributed by atoms with Gasteiger partial charge in [-0.05, 0) is 31.5 Å². The van der Waals surface area contributed by atoms with Crippen molar-refractivity contribution in [2.24, 2.45) is 0 Å². The van der Waals surface area contributed by atoms with E-state index in [1.165, 1.54) is 0 Å². The first-order valence-corrected chi connectivity index (χ1v) is 5.48. The van der Waals surface area contributed by atoms with Crippen LogP contribution < -0.4 is 5.32 Å². The van der Waals surface area contributed by atoms with Crippen molar-refractivity contribution in [3.8, 4) is 6.07 Å². The number of ether oxygens (including phenoxy) is 1. The zero-order valence-electron chi connectivity index (χ0n) is 9.66. The molecular formula is C13H16N2O. The van der Waals surface area contributed by atoms with Gasteiger partial charge < -0.3 is 10.1 Å². The first-order chi connectivity index (χ1) is 7.62. The van der Waals surface area contributed by atoms with Crippen molar-refractivity contribution in [3.05, 3.63) is 29.8 Å². The Labute approximate surface area is 96.0 Å². The van der Waals surface area contributed by atoms with Gasteiger partial charge in [-0.15, -0.1) is 0 Å². The Morgan fingerprint density at radius 2 is 1.94 bits per heavy atom. The standard InChI is InChI=1S/C13H16N2O/c1-13(2,9-14)10-3-5-11(6-4-10)15-12-7-16-8-12/h3-6,12,15H,7-8H2,1-2H3. The minimum absolute atomic E-state index is 0.419. The largest absolute Gasteiger partial charge is 0.378 e. The molecule has 0 amide bonds. The molecule has 1 aromatic rings. The molecule has 1 aliphatic heterocycles. The van der Waals surface area contributed by atoms with Crippen LogP contribution in [0.2, 0.25) is 0 Å². The van der Waals surface area contributed by atoms with E-state index >= 15 is 0 Å². The maximum absolute atomic E-state index is 9.03. The number of hydrogen-bond acceptors (Lipinski definition) is 3. The average Bonchev–Trinajstić information content (AvgIpc) is 2.24. The van der Waals surface area contributed by atoms with E-state index in [1.54, 1.807) is 0 Å². The third kappa shape index (κ3) is 2.17. The lowest BCUT2D eigenvalue weighted by molar-refractivity contribution is 0.0211. The van der Waals surface area contributed by atoms with Gasteiger partial charge in [0.1, 0.15) is 0 Å². The lowest BCUT2D eigenvalue weighted by Gasteiger charge is -2.28. The van der Waals surface area contributed by atoms with Gasteiger partial charge in [-0.2, -0.15) is 5.26 Å². The molecule has 2 rings (SSSR count). The fourth-order valence-electron chi connectivity index (χ4n) is 1.60. The number of hydrogen-bond donors (Lipinski definition) is 1. The van der Waals surface area contributed by atoms with E-state index in [9.17, 15) is 0 Å². The lowest BCUT2D eigenvalue weighted by atomic mass is 9.86. The fraction of sp³-hybridized carbons (Fsp3) is 0.462. The van der Waals surface area contributed by atoms with Gasteiger partial charge in [-0.1, -0.05) is 12.1 Å². The number of nitrogens with one attached hydrogen (secondary N) is 1. The van der Waals surface area contributed by atoms with Crippen LogP contribution in [0.4, 0.5) is 5.69 Å². The third-order valence-corrected chi connectivity index (χ3v) is 2.89. The number of nitrogens with zero attached hydrogens (tertiary/aromatic N) is 1. The van der Waals surface area contributed by atoms with Crippen LogP contribution in [0.5, 0.6) is 0 Å². The SMILES string of the molecule is CC(C)(C#N)c1ccc(NC2COC2)cc1. The van der Waals surface area contributed by atoms with Gasteiger partial charge in [0.25, 0.3) is 0 Å². The molecule has 1 fully saturated rings. The third-order valence-electron chi connectivity index (χ3n) is 2.89. The minimum atomic E-state index is -0.419. The van der Waals surface area contributed by atoms with E-state index in [2.05, 4.69) is 11.4 Å². The van der Waals surface area contributed by atoms with E-state index in [-0.39, 0.29) is 0 Å². The molecule has 3 heteroatoms. The molecule has 0 aliphatic carbocycles. The molecule has 0 saturated carbocycles. The number of nitriles is 1. The summed E-state index contributed by atoms with van der Waals surface area (Å²) in [5.41, 5.74) is 1.72. The van der Waals surface area contributed by atoms with Crippen LogP contribution in [0, 0.1) is 11.3 Å². The van der Waals surface area contributed by atoms with Crippen molar-refractivity contribution in [2.75, 3.05) is 18.5 Å². The van der Waals surface area contributed by atoms with E-state index in [4.69, 9.17) is 10.00 Å². The molecule has 1 N–H and O–H groups in total. The van der Waals surface area contributed by atoms with Gasteiger partial charge in [0.05, 0.1) is 30.7 Å². The van der Waals surface area contributed by atoms with Crippen LogP contribution in [0.3, 0.4) is 0 Å². The highest BCUT2D eigenvalue weighted by molar-refractivity contribution is 5.47. The molecule has 84 valence electrons. The van der Waals surface area contributed by atoms with Gasteiger partial charge in [0.15, 0.2) is 0 Å². The van der Waals surface area contributed by atoms with Gasteiger partial charge >= 0.3 is 0 Å². The predicted octanol–water partition coefficient (Wildman–Crippen LogP) is 2.30. The maximum atomic E-state index is 9.03. The van der Waals surface area contributed by atoms with E-state index < -0.39 is 5.41 Å². The maximum Gasteiger partial charge on any atom is 0.0766 e. The van der Waals surface area contributed by atoms with Crippen LogP contribution in [0.1, 0.15) is 19.4 Å². The Bertz CT molecular complexity index is 399. The lowest BCUT2D eigenvalue weighted by Crippen LogP contribution is -2.40. The van der Waals surface area contributed by atoms with Crippen molar-refractivity contribution in [1.82, 2.24) is 0 Å². The molecule has 16 heavy (non-hydrogen) atoms. The highest BCUT2D eigenvalue weighted by Gasteiger charge is 2.20. The molecule has 1 saturated heterocycles. The summed E-state index contributed by atoms with van der Waals surface area (Å²) in [4.78, 5) is 0. The van der Waals surface area contributed by atoms with Gasteiger partial charge in [-0.3, -0.25) is 0 Å². The predicted molar refractivity (Wildman–Crippen MR) is 63.3 cm³/mol. The van der Waals surface area contributed by atoms with Gasteiger partial charge in [-0.25, -0.2) is 0 Å². The second kappa shape index (κ2) is 4.15. The Kier molecular flexibility index (Phi) is 2.84. The second-order valence-corrected chi connectivity index (χ2v) is 4.69. The highest BCUT2D eigenvalue weighted by Crippen LogP contribution is 2.24. The summed E-state index contributed by atoms with van der Waals surface area (Å²) >= 11 is 0. The van der Waals surface area contributed by atoms with Crippen LogP contribution in [0.15, 0.2) is 24.3 Å². The van der Waals surface area contributed by atoms with Gasteiger partial charge in [0, 0.05) is 5.69 Å². The summed E-state index contributed by atoms with van der Waals surface area (Å²) in [6.45, 7) is 5.42. The molecule has 0 radical (unpaired) electrons. The summed E-state index contributed by atoms with van der Waals surface area (Å²) in [6, 6.07) is 10.8. The number of rotatable bonds is 3. The molecule has 0 spiro atoms. The molecule has 1 aliphatic rings. The minimum Gasteiger partial charge on any atom is -0.378 e. The molecule has 0 bridgehead atoms. The zero-order valence-corrected chi connectivity index (χ0v) is 9.66. The van der Waals surface area contributed by atoms with Crippen LogP contribution in [0.25, 0.3) is 0 Å². The van der Waals surface area contributed by atoms with E-state index in [0.717, 1.165) is 24.5 Å². The molecule has 0 unspecified atom stereocenters. The molecule has 0 atom stereocenters. The van der Waals surface area contributed by atoms with Crippen LogP contribution >= 0.6 is 0 Å². The smallest absolute Gasteiger partial charge is 0.0766 e. The van der Waals surface area contributed by atoms with Crippen molar-refractivity contribution >= 4 is 5.69 Å². The molecule has 1 heterocycles. The monoisotopic (exact) mass is 216 g/mol. The zero-order chi connectivity index (χ0) is 11.6. The first-order valence-electron chi connectivity index (χ1n) is 5.48.